The van der Waals surface area contributed by atoms with Crippen LogP contribution < -0.4 is 5.32 Å². The summed E-state index contributed by atoms with van der Waals surface area (Å²) in [5.74, 6) is 0.510. The second kappa shape index (κ2) is 4.03. The first-order valence-electron chi connectivity index (χ1n) is 6.80. The van der Waals surface area contributed by atoms with Crippen LogP contribution in [0.2, 0.25) is 0 Å². The van der Waals surface area contributed by atoms with Gasteiger partial charge in [0.25, 0.3) is 5.91 Å². The third-order valence-corrected chi connectivity index (χ3v) is 4.70. The lowest BCUT2D eigenvalue weighted by molar-refractivity contribution is -0.139. The summed E-state index contributed by atoms with van der Waals surface area (Å²) in [5.41, 5.74) is 1.13. The summed E-state index contributed by atoms with van der Waals surface area (Å²) in [6.07, 6.45) is 4.65. The normalized spacial score (nSPS) is 27.2. The van der Waals surface area contributed by atoms with Gasteiger partial charge in [0.2, 0.25) is 5.91 Å². The van der Waals surface area contributed by atoms with Crippen LogP contribution in [0.4, 0.5) is 5.13 Å². The minimum atomic E-state index is -0.411. The molecule has 1 unspecified atom stereocenters. The molecule has 3 aliphatic rings. The van der Waals surface area contributed by atoms with Gasteiger partial charge in [0.1, 0.15) is 6.04 Å². The molecule has 3 fully saturated rings. The van der Waals surface area contributed by atoms with Crippen molar-refractivity contribution in [1.29, 1.82) is 0 Å². The van der Waals surface area contributed by atoms with E-state index in [1.54, 1.807) is 0 Å². The molecule has 1 aromatic heterocycles. The van der Waals surface area contributed by atoms with E-state index >= 15 is 0 Å². The van der Waals surface area contributed by atoms with Crippen LogP contribution in [-0.4, -0.2) is 33.8 Å². The van der Waals surface area contributed by atoms with Crippen molar-refractivity contribution in [1.82, 2.24) is 9.88 Å². The number of nitrogens with zero attached hydrogens (tertiary/aromatic N) is 2. The molecule has 2 aliphatic carbocycles. The van der Waals surface area contributed by atoms with Crippen molar-refractivity contribution in [2.24, 2.45) is 0 Å². The molecule has 1 aliphatic heterocycles. The topological polar surface area (TPSA) is 62.3 Å². The van der Waals surface area contributed by atoms with Crippen molar-refractivity contribution in [3.8, 4) is 0 Å². The highest BCUT2D eigenvalue weighted by Crippen LogP contribution is 2.41. The predicted molar refractivity (Wildman–Crippen MR) is 71.0 cm³/mol. The van der Waals surface area contributed by atoms with Crippen molar-refractivity contribution in [2.45, 2.75) is 50.1 Å². The molecule has 2 saturated carbocycles. The molecule has 0 aromatic carbocycles. The van der Waals surface area contributed by atoms with E-state index in [0.29, 0.717) is 5.92 Å². The van der Waals surface area contributed by atoms with Gasteiger partial charge >= 0.3 is 0 Å². The highest BCUT2D eigenvalue weighted by molar-refractivity contribution is 7.13. The fourth-order valence-electron chi connectivity index (χ4n) is 2.55. The minimum Gasteiger partial charge on any atom is -0.349 e. The molecule has 100 valence electrons. The van der Waals surface area contributed by atoms with Gasteiger partial charge in [0.15, 0.2) is 5.13 Å². The third kappa shape index (κ3) is 2.04. The van der Waals surface area contributed by atoms with Crippen molar-refractivity contribution >= 4 is 28.3 Å². The van der Waals surface area contributed by atoms with Crippen LogP contribution in [0.5, 0.6) is 0 Å². The summed E-state index contributed by atoms with van der Waals surface area (Å²) in [7, 11) is 0. The largest absolute Gasteiger partial charge is 0.349 e. The maximum atomic E-state index is 12.2. The van der Waals surface area contributed by atoms with Gasteiger partial charge in [-0.2, -0.15) is 0 Å². The number of hydrogen-bond acceptors (Lipinski definition) is 5. The zero-order chi connectivity index (χ0) is 13.0. The number of anilines is 1. The molecule has 1 aromatic rings. The van der Waals surface area contributed by atoms with Crippen molar-refractivity contribution in [2.75, 3.05) is 5.32 Å². The maximum absolute atomic E-state index is 12.2. The zero-order valence-corrected chi connectivity index (χ0v) is 11.3. The van der Waals surface area contributed by atoms with Crippen LogP contribution in [0.1, 0.15) is 43.7 Å². The Kier molecular flexibility index (Phi) is 2.42. The number of carbonyl (C=O) groups is 2. The first-order valence-corrected chi connectivity index (χ1v) is 7.68. The van der Waals surface area contributed by atoms with Crippen LogP contribution in [0.25, 0.3) is 0 Å². The molecule has 5 nitrogen and oxygen atoms in total. The van der Waals surface area contributed by atoms with E-state index in [1.165, 1.54) is 29.1 Å². The average Bonchev–Trinajstić information content (AvgIpc) is 3.29. The molecule has 0 radical (unpaired) electrons. The Labute approximate surface area is 115 Å². The lowest BCUT2D eigenvalue weighted by atomic mass is 10.2. The van der Waals surface area contributed by atoms with Crippen molar-refractivity contribution in [3.05, 3.63) is 11.1 Å². The number of rotatable bonds is 4. The number of imide groups is 1. The number of carbonyl (C=O) groups excluding carboxylic acids is 2. The van der Waals surface area contributed by atoms with E-state index in [0.717, 1.165) is 23.7 Å². The van der Waals surface area contributed by atoms with E-state index in [-0.39, 0.29) is 24.3 Å². The highest BCUT2D eigenvalue weighted by atomic mass is 32.1. The Morgan fingerprint density at radius 1 is 1.26 bits per heavy atom. The van der Waals surface area contributed by atoms with E-state index in [4.69, 9.17) is 0 Å². The van der Waals surface area contributed by atoms with Gasteiger partial charge < -0.3 is 5.32 Å². The standard InChI is InChI=1S/C13H15N3O2S/c17-11-5-9(12(18)16(11)8-3-4-8)14-13-15-10(6-19-13)7-1-2-7/h6-9H,1-5H2,(H,14,15). The number of amides is 2. The molecule has 0 bridgehead atoms. The monoisotopic (exact) mass is 277 g/mol. The predicted octanol–water partition coefficient (Wildman–Crippen LogP) is 1.72. The van der Waals surface area contributed by atoms with E-state index in [1.807, 2.05) is 0 Å². The summed E-state index contributed by atoms with van der Waals surface area (Å²) in [5, 5.41) is 5.96. The molecular weight excluding hydrogens is 262 g/mol. The fourth-order valence-corrected chi connectivity index (χ4v) is 3.39. The molecule has 19 heavy (non-hydrogen) atoms. The van der Waals surface area contributed by atoms with E-state index < -0.39 is 6.04 Å². The van der Waals surface area contributed by atoms with Gasteiger partial charge in [-0.25, -0.2) is 4.98 Å². The lowest BCUT2D eigenvalue weighted by Crippen LogP contribution is -2.36. The van der Waals surface area contributed by atoms with Gasteiger partial charge in [0, 0.05) is 17.3 Å². The van der Waals surface area contributed by atoms with Crippen LogP contribution >= 0.6 is 11.3 Å². The Morgan fingerprint density at radius 2 is 2.05 bits per heavy atom. The second-order valence-corrected chi connectivity index (χ2v) is 6.44. The quantitative estimate of drug-likeness (QED) is 0.851. The third-order valence-electron chi connectivity index (χ3n) is 3.91. The average molecular weight is 277 g/mol. The molecule has 2 heterocycles. The Hall–Kier alpha value is -1.43. The lowest BCUT2D eigenvalue weighted by Gasteiger charge is -2.13. The number of aromatic nitrogens is 1. The smallest absolute Gasteiger partial charge is 0.252 e. The van der Waals surface area contributed by atoms with Gasteiger partial charge in [-0.05, 0) is 25.7 Å². The van der Waals surface area contributed by atoms with Crippen LogP contribution in [0.15, 0.2) is 5.38 Å². The summed E-state index contributed by atoms with van der Waals surface area (Å²) in [6, 6.07) is -0.239. The minimum absolute atomic E-state index is 0.0380. The van der Waals surface area contributed by atoms with Crippen LogP contribution in [0.3, 0.4) is 0 Å². The van der Waals surface area contributed by atoms with Gasteiger partial charge in [-0.15, -0.1) is 11.3 Å². The summed E-state index contributed by atoms with van der Waals surface area (Å²) >= 11 is 1.53. The van der Waals surface area contributed by atoms with Crippen molar-refractivity contribution < 1.29 is 9.59 Å². The molecule has 1 atom stereocenters. The molecule has 1 N–H and O–H groups in total. The molecule has 1 saturated heterocycles. The molecule has 6 heteroatoms. The zero-order valence-electron chi connectivity index (χ0n) is 10.5. The number of thiazole rings is 1. The summed E-state index contributed by atoms with van der Waals surface area (Å²) < 4.78 is 0. The molecule has 4 rings (SSSR count). The summed E-state index contributed by atoms with van der Waals surface area (Å²) in [4.78, 5) is 30.0. The first kappa shape index (κ1) is 11.4. The SMILES string of the molecule is O=C1CC(Nc2nc(C3CC3)cs2)C(=O)N1C1CC1. The first-order chi connectivity index (χ1) is 9.22. The van der Waals surface area contributed by atoms with E-state index in [2.05, 4.69) is 15.7 Å². The van der Waals surface area contributed by atoms with E-state index in [9.17, 15) is 9.59 Å². The Bertz CT molecular complexity index is 548. The maximum Gasteiger partial charge on any atom is 0.252 e. The molecule has 2 amide bonds. The number of hydrogen-bond donors (Lipinski definition) is 1. The van der Waals surface area contributed by atoms with Crippen molar-refractivity contribution in [3.63, 3.8) is 0 Å². The van der Waals surface area contributed by atoms with Crippen LogP contribution in [0, 0.1) is 0 Å². The number of likely N-dealkylation sites (tertiary alicyclic amines) is 1. The Morgan fingerprint density at radius 3 is 2.74 bits per heavy atom. The Balaban J connectivity index is 1.47. The molecule has 0 spiro atoms. The number of nitrogens with one attached hydrogen (secondary N) is 1. The van der Waals surface area contributed by atoms with Crippen LogP contribution in [-0.2, 0) is 9.59 Å². The van der Waals surface area contributed by atoms with Gasteiger partial charge in [0.05, 0.1) is 12.1 Å². The summed E-state index contributed by atoms with van der Waals surface area (Å²) in [6.45, 7) is 0. The second-order valence-electron chi connectivity index (χ2n) is 5.59. The van der Waals surface area contributed by atoms with Gasteiger partial charge in [-0.3, -0.25) is 14.5 Å². The highest BCUT2D eigenvalue weighted by Gasteiger charge is 2.46. The fraction of sp³-hybridized carbons (Fsp3) is 0.615. The van der Waals surface area contributed by atoms with Gasteiger partial charge in [-0.1, -0.05) is 0 Å². The molecular formula is C13H15N3O2S.